The largest absolute Gasteiger partial charge is 0.493 e. The summed E-state index contributed by atoms with van der Waals surface area (Å²) in [7, 11) is 3.14. The Labute approximate surface area is 144 Å². The van der Waals surface area contributed by atoms with Crippen molar-refractivity contribution in [1.29, 1.82) is 0 Å². The molecule has 5 heteroatoms. The molecule has 1 N–H and O–H groups in total. The molecule has 0 spiro atoms. The average molecular weight is 376 g/mol. The standard InChI is InChI=1S/C18H18BrNO3/c1-12-9-16(22-2)17(23-3)11-15(12)20-18(21)8-7-13-5-4-6-14(19)10-13/h4-11H,1-3H3,(H,20,21)/b8-7+. The highest BCUT2D eigenvalue weighted by molar-refractivity contribution is 9.10. The van der Waals surface area contributed by atoms with Crippen LogP contribution in [0.25, 0.3) is 6.08 Å². The van der Waals surface area contributed by atoms with E-state index in [1.807, 2.05) is 37.3 Å². The first-order chi connectivity index (χ1) is 11.0. The van der Waals surface area contributed by atoms with E-state index in [2.05, 4.69) is 21.2 Å². The Morgan fingerprint density at radius 2 is 1.83 bits per heavy atom. The monoisotopic (exact) mass is 375 g/mol. The molecular formula is C18H18BrNO3. The molecule has 0 heterocycles. The molecule has 4 nitrogen and oxygen atoms in total. The SMILES string of the molecule is COc1cc(C)c(NC(=O)/C=C/c2cccc(Br)c2)cc1OC. The van der Waals surface area contributed by atoms with E-state index in [-0.39, 0.29) is 5.91 Å². The van der Waals surface area contributed by atoms with Gasteiger partial charge in [-0.1, -0.05) is 28.1 Å². The van der Waals surface area contributed by atoms with Gasteiger partial charge in [0.05, 0.1) is 14.2 Å². The molecule has 0 aliphatic heterocycles. The molecule has 0 saturated heterocycles. The minimum Gasteiger partial charge on any atom is -0.493 e. The smallest absolute Gasteiger partial charge is 0.248 e. The van der Waals surface area contributed by atoms with E-state index < -0.39 is 0 Å². The quantitative estimate of drug-likeness (QED) is 0.786. The van der Waals surface area contributed by atoms with Gasteiger partial charge in [0.15, 0.2) is 11.5 Å². The van der Waals surface area contributed by atoms with Crippen molar-refractivity contribution in [3.8, 4) is 11.5 Å². The van der Waals surface area contributed by atoms with Gasteiger partial charge < -0.3 is 14.8 Å². The Hall–Kier alpha value is -2.27. The van der Waals surface area contributed by atoms with E-state index in [1.54, 1.807) is 26.4 Å². The van der Waals surface area contributed by atoms with Gasteiger partial charge in [0.25, 0.3) is 0 Å². The van der Waals surface area contributed by atoms with Crippen molar-refractivity contribution in [1.82, 2.24) is 0 Å². The Bertz CT molecular complexity index is 741. The lowest BCUT2D eigenvalue weighted by Crippen LogP contribution is -2.09. The van der Waals surface area contributed by atoms with Crippen LogP contribution in [0.15, 0.2) is 46.9 Å². The van der Waals surface area contributed by atoms with Crippen LogP contribution in [0.2, 0.25) is 0 Å². The second-order valence-electron chi connectivity index (χ2n) is 4.90. The molecule has 2 rings (SSSR count). The van der Waals surface area contributed by atoms with Gasteiger partial charge in [-0.15, -0.1) is 0 Å². The summed E-state index contributed by atoms with van der Waals surface area (Å²) in [5.41, 5.74) is 2.52. The number of aryl methyl sites for hydroxylation is 1. The zero-order chi connectivity index (χ0) is 16.8. The number of carbonyl (C=O) groups is 1. The molecule has 0 fully saturated rings. The molecule has 0 aliphatic rings. The predicted molar refractivity (Wildman–Crippen MR) is 96.1 cm³/mol. The number of hydrogen-bond acceptors (Lipinski definition) is 3. The van der Waals surface area contributed by atoms with Crippen LogP contribution in [0.5, 0.6) is 11.5 Å². The molecule has 0 saturated carbocycles. The molecule has 23 heavy (non-hydrogen) atoms. The molecule has 1 amide bonds. The average Bonchev–Trinajstić information content (AvgIpc) is 2.54. The second-order valence-corrected chi connectivity index (χ2v) is 5.82. The number of rotatable bonds is 5. The van der Waals surface area contributed by atoms with Crippen molar-refractivity contribution in [2.24, 2.45) is 0 Å². The lowest BCUT2D eigenvalue weighted by molar-refractivity contribution is -0.111. The highest BCUT2D eigenvalue weighted by Gasteiger charge is 2.09. The van der Waals surface area contributed by atoms with Crippen molar-refractivity contribution >= 4 is 33.6 Å². The van der Waals surface area contributed by atoms with E-state index in [9.17, 15) is 4.79 Å². The minimum absolute atomic E-state index is 0.208. The van der Waals surface area contributed by atoms with Crippen LogP contribution >= 0.6 is 15.9 Å². The first-order valence-corrected chi connectivity index (χ1v) is 7.80. The van der Waals surface area contributed by atoms with E-state index in [0.717, 1.165) is 15.6 Å². The highest BCUT2D eigenvalue weighted by atomic mass is 79.9. The second kappa shape index (κ2) is 7.83. The number of nitrogens with one attached hydrogen (secondary N) is 1. The van der Waals surface area contributed by atoms with Gasteiger partial charge >= 0.3 is 0 Å². The number of anilines is 1. The van der Waals surface area contributed by atoms with E-state index in [4.69, 9.17) is 9.47 Å². The molecule has 0 atom stereocenters. The van der Waals surface area contributed by atoms with E-state index >= 15 is 0 Å². The van der Waals surface area contributed by atoms with Gasteiger partial charge in [-0.25, -0.2) is 0 Å². The molecule has 0 aromatic heterocycles. The van der Waals surface area contributed by atoms with Crippen molar-refractivity contribution < 1.29 is 14.3 Å². The Morgan fingerprint density at radius 3 is 2.48 bits per heavy atom. The summed E-state index contributed by atoms with van der Waals surface area (Å²) in [4.78, 5) is 12.1. The molecule has 0 radical (unpaired) electrons. The Morgan fingerprint density at radius 1 is 1.13 bits per heavy atom. The first kappa shape index (κ1) is 17.1. The predicted octanol–water partition coefficient (Wildman–Crippen LogP) is 4.43. The lowest BCUT2D eigenvalue weighted by Gasteiger charge is -2.12. The maximum Gasteiger partial charge on any atom is 0.248 e. The van der Waals surface area contributed by atoms with E-state index in [1.165, 1.54) is 6.08 Å². The summed E-state index contributed by atoms with van der Waals surface area (Å²) in [6.07, 6.45) is 3.26. The van der Waals surface area contributed by atoms with Gasteiger partial charge in [-0.05, 0) is 42.3 Å². The third-order valence-electron chi connectivity index (χ3n) is 3.26. The molecule has 2 aromatic rings. The van der Waals surface area contributed by atoms with Gasteiger partial charge in [-0.2, -0.15) is 0 Å². The fourth-order valence-corrected chi connectivity index (χ4v) is 2.49. The van der Waals surface area contributed by atoms with Gasteiger partial charge in [0.2, 0.25) is 5.91 Å². The molecule has 0 bridgehead atoms. The number of ether oxygens (including phenoxy) is 2. The molecular weight excluding hydrogens is 358 g/mol. The maximum absolute atomic E-state index is 12.1. The van der Waals surface area contributed by atoms with Gasteiger partial charge in [0, 0.05) is 22.3 Å². The zero-order valence-electron chi connectivity index (χ0n) is 13.2. The van der Waals surface area contributed by atoms with Crippen LogP contribution in [-0.4, -0.2) is 20.1 Å². The van der Waals surface area contributed by atoms with Crippen LogP contribution in [0, 0.1) is 6.92 Å². The van der Waals surface area contributed by atoms with Crippen molar-refractivity contribution in [2.45, 2.75) is 6.92 Å². The number of methoxy groups -OCH3 is 2. The summed E-state index contributed by atoms with van der Waals surface area (Å²) < 4.78 is 11.5. The van der Waals surface area contributed by atoms with Gasteiger partial charge in [-0.3, -0.25) is 4.79 Å². The van der Waals surface area contributed by atoms with Crippen LogP contribution < -0.4 is 14.8 Å². The van der Waals surface area contributed by atoms with Gasteiger partial charge in [0.1, 0.15) is 0 Å². The lowest BCUT2D eigenvalue weighted by atomic mass is 10.1. The summed E-state index contributed by atoms with van der Waals surface area (Å²) in [6.45, 7) is 1.90. The highest BCUT2D eigenvalue weighted by Crippen LogP contribution is 2.32. The Kier molecular flexibility index (Phi) is 5.82. The molecule has 120 valence electrons. The summed E-state index contributed by atoms with van der Waals surface area (Å²) in [5, 5.41) is 2.85. The zero-order valence-corrected chi connectivity index (χ0v) is 14.8. The normalized spacial score (nSPS) is 10.6. The van der Waals surface area contributed by atoms with Crippen LogP contribution in [-0.2, 0) is 4.79 Å². The fourth-order valence-electron chi connectivity index (χ4n) is 2.07. The maximum atomic E-state index is 12.1. The number of hydrogen-bond donors (Lipinski definition) is 1. The van der Waals surface area contributed by atoms with Crippen LogP contribution in [0.4, 0.5) is 5.69 Å². The molecule has 2 aromatic carbocycles. The summed E-state index contributed by atoms with van der Waals surface area (Å²) in [5.74, 6) is 0.998. The molecule has 0 unspecified atom stereocenters. The third-order valence-corrected chi connectivity index (χ3v) is 3.76. The topological polar surface area (TPSA) is 47.6 Å². The van der Waals surface area contributed by atoms with Crippen molar-refractivity contribution in [3.63, 3.8) is 0 Å². The Balaban J connectivity index is 2.14. The summed E-state index contributed by atoms with van der Waals surface area (Å²) in [6, 6.07) is 11.3. The van der Waals surface area contributed by atoms with Crippen LogP contribution in [0.3, 0.4) is 0 Å². The van der Waals surface area contributed by atoms with Crippen molar-refractivity contribution in [3.05, 3.63) is 58.1 Å². The third kappa shape index (κ3) is 4.60. The number of carbonyl (C=O) groups excluding carboxylic acids is 1. The number of halogens is 1. The molecule has 0 aliphatic carbocycles. The van der Waals surface area contributed by atoms with Crippen LogP contribution in [0.1, 0.15) is 11.1 Å². The van der Waals surface area contributed by atoms with E-state index in [0.29, 0.717) is 17.2 Å². The first-order valence-electron chi connectivity index (χ1n) is 7.00. The minimum atomic E-state index is -0.208. The van der Waals surface area contributed by atoms with Crippen molar-refractivity contribution in [2.75, 3.05) is 19.5 Å². The summed E-state index contributed by atoms with van der Waals surface area (Å²) >= 11 is 3.40. The fraction of sp³-hybridized carbons (Fsp3) is 0.167. The number of amides is 1. The number of benzene rings is 2.